The molecular formula is C23H20F2N2O4. The van der Waals surface area contributed by atoms with Crippen LogP contribution in [0.2, 0.25) is 0 Å². The molecule has 0 atom stereocenters. The van der Waals surface area contributed by atoms with Gasteiger partial charge in [-0.25, -0.2) is 4.98 Å². The highest BCUT2D eigenvalue weighted by Gasteiger charge is 2.53. The molecule has 1 fully saturated rings. The van der Waals surface area contributed by atoms with E-state index in [0.717, 1.165) is 11.1 Å². The van der Waals surface area contributed by atoms with E-state index in [9.17, 15) is 18.7 Å². The normalized spacial score (nSPS) is 17.3. The Bertz CT molecular complexity index is 1210. The van der Waals surface area contributed by atoms with Gasteiger partial charge in [-0.05, 0) is 61.2 Å². The average Bonchev–Trinajstić information content (AvgIpc) is 3.46. The van der Waals surface area contributed by atoms with E-state index < -0.39 is 11.7 Å². The molecule has 1 aromatic heterocycles. The number of hydrogen-bond donors (Lipinski definition) is 2. The lowest BCUT2D eigenvalue weighted by Gasteiger charge is -2.17. The fourth-order valence-electron chi connectivity index (χ4n) is 3.80. The SMILES string of the molecule is Cc1ccc(NC(=O)C2(c3ccc4c(c3)OC(F)(F)O4)CC2)nc1-c1cccc(O)c1.[HH]. The van der Waals surface area contributed by atoms with Crippen LogP contribution in [-0.2, 0) is 10.2 Å². The van der Waals surface area contributed by atoms with Crippen molar-refractivity contribution in [3.8, 4) is 28.5 Å². The van der Waals surface area contributed by atoms with Crippen LogP contribution >= 0.6 is 0 Å². The standard InChI is InChI=1S/C23H18F2N2O4.H2/c1-13-5-8-19(26-20(13)14-3-2-4-16(28)11-14)27-21(29)22(9-10-22)15-6-7-17-18(12-15)31-23(24,25)30-17;/h2-8,11-12,28H,9-10H2,1H3,(H,26,27,29);1H. The van der Waals surface area contributed by atoms with Gasteiger partial charge in [0.15, 0.2) is 11.5 Å². The van der Waals surface area contributed by atoms with Crippen molar-refractivity contribution in [2.24, 2.45) is 0 Å². The summed E-state index contributed by atoms with van der Waals surface area (Å²) < 4.78 is 35.6. The molecule has 1 aliphatic heterocycles. The minimum atomic E-state index is -3.70. The zero-order chi connectivity index (χ0) is 21.8. The highest BCUT2D eigenvalue weighted by atomic mass is 19.3. The van der Waals surface area contributed by atoms with Crippen LogP contribution in [-0.4, -0.2) is 22.3 Å². The van der Waals surface area contributed by atoms with Crippen LogP contribution in [0.5, 0.6) is 17.2 Å². The van der Waals surface area contributed by atoms with Crippen molar-refractivity contribution >= 4 is 11.7 Å². The van der Waals surface area contributed by atoms with Gasteiger partial charge in [-0.1, -0.05) is 24.3 Å². The number of hydrogen-bond acceptors (Lipinski definition) is 5. The van der Waals surface area contributed by atoms with Gasteiger partial charge in [0.05, 0.1) is 11.1 Å². The monoisotopic (exact) mass is 426 g/mol. The topological polar surface area (TPSA) is 80.7 Å². The Kier molecular flexibility index (Phi) is 4.15. The molecule has 1 aliphatic carbocycles. The van der Waals surface area contributed by atoms with Crippen LogP contribution in [0.15, 0.2) is 54.6 Å². The quantitative estimate of drug-likeness (QED) is 0.614. The van der Waals surface area contributed by atoms with Gasteiger partial charge in [0.2, 0.25) is 5.91 Å². The largest absolute Gasteiger partial charge is 0.586 e. The molecule has 0 saturated heterocycles. The van der Waals surface area contributed by atoms with E-state index in [2.05, 4.69) is 19.8 Å². The van der Waals surface area contributed by atoms with Crippen LogP contribution in [0.1, 0.15) is 25.4 Å². The number of pyridine rings is 1. The van der Waals surface area contributed by atoms with Gasteiger partial charge in [-0.3, -0.25) is 4.79 Å². The van der Waals surface area contributed by atoms with Gasteiger partial charge in [-0.2, -0.15) is 0 Å². The molecule has 3 aromatic rings. The number of ether oxygens (including phenoxy) is 2. The average molecular weight is 426 g/mol. The van der Waals surface area contributed by atoms with Gasteiger partial charge in [0.1, 0.15) is 11.6 Å². The van der Waals surface area contributed by atoms with Gasteiger partial charge in [0, 0.05) is 6.99 Å². The highest BCUT2D eigenvalue weighted by molar-refractivity contribution is 6.01. The van der Waals surface area contributed by atoms with Crippen molar-refractivity contribution in [1.82, 2.24) is 4.98 Å². The first-order chi connectivity index (χ1) is 14.8. The third kappa shape index (κ3) is 3.43. The second kappa shape index (κ2) is 6.66. The van der Waals surface area contributed by atoms with E-state index in [0.29, 0.717) is 29.9 Å². The Morgan fingerprint density at radius 3 is 2.61 bits per heavy atom. The lowest BCUT2D eigenvalue weighted by molar-refractivity contribution is -0.286. The Labute approximate surface area is 177 Å². The Morgan fingerprint density at radius 1 is 1.10 bits per heavy atom. The highest BCUT2D eigenvalue weighted by Crippen LogP contribution is 2.52. The minimum absolute atomic E-state index is 0. The molecule has 6 nitrogen and oxygen atoms in total. The number of carbonyl (C=O) groups excluding carboxylic acids is 1. The van der Waals surface area contributed by atoms with Gasteiger partial charge in [0.25, 0.3) is 0 Å². The molecule has 1 amide bonds. The molecule has 160 valence electrons. The van der Waals surface area contributed by atoms with Crippen LogP contribution in [0.4, 0.5) is 14.6 Å². The van der Waals surface area contributed by atoms with Crippen molar-refractivity contribution in [3.63, 3.8) is 0 Å². The predicted molar refractivity (Wildman–Crippen MR) is 110 cm³/mol. The fourth-order valence-corrected chi connectivity index (χ4v) is 3.80. The van der Waals surface area contributed by atoms with Crippen LogP contribution in [0.3, 0.4) is 0 Å². The van der Waals surface area contributed by atoms with Crippen molar-refractivity contribution in [2.75, 3.05) is 5.32 Å². The molecule has 0 unspecified atom stereocenters. The van der Waals surface area contributed by atoms with Crippen molar-refractivity contribution in [2.45, 2.75) is 31.5 Å². The molecule has 0 spiro atoms. The number of alkyl halides is 2. The minimum Gasteiger partial charge on any atom is -0.508 e. The molecular weight excluding hydrogens is 406 g/mol. The summed E-state index contributed by atoms with van der Waals surface area (Å²) in [5.41, 5.74) is 2.02. The van der Waals surface area contributed by atoms with Gasteiger partial charge in [-0.15, -0.1) is 8.78 Å². The second-order valence-electron chi connectivity index (χ2n) is 7.78. The van der Waals surface area contributed by atoms with Crippen molar-refractivity contribution in [1.29, 1.82) is 0 Å². The number of aryl methyl sites for hydroxylation is 1. The summed E-state index contributed by atoms with van der Waals surface area (Å²) in [5, 5.41) is 12.6. The zero-order valence-corrected chi connectivity index (χ0v) is 16.5. The lowest BCUT2D eigenvalue weighted by atomic mass is 9.94. The number of benzene rings is 2. The van der Waals surface area contributed by atoms with Crippen molar-refractivity contribution < 1.29 is 29.6 Å². The van der Waals surface area contributed by atoms with Gasteiger partial charge >= 0.3 is 6.29 Å². The molecule has 31 heavy (non-hydrogen) atoms. The van der Waals surface area contributed by atoms with E-state index in [4.69, 9.17) is 0 Å². The Morgan fingerprint density at radius 2 is 1.87 bits per heavy atom. The Hall–Kier alpha value is -3.68. The maximum absolute atomic E-state index is 13.3. The predicted octanol–water partition coefficient (Wildman–Crippen LogP) is 5.00. The summed E-state index contributed by atoms with van der Waals surface area (Å²) in [6.45, 7) is 1.89. The summed E-state index contributed by atoms with van der Waals surface area (Å²) in [4.78, 5) is 17.6. The zero-order valence-electron chi connectivity index (χ0n) is 16.5. The number of nitrogens with zero attached hydrogens (tertiary/aromatic N) is 1. The smallest absolute Gasteiger partial charge is 0.508 e. The first-order valence-electron chi connectivity index (χ1n) is 9.75. The maximum atomic E-state index is 13.3. The number of aromatic hydroxyl groups is 1. The number of phenolic OH excluding ortho intramolecular Hbond substituents is 1. The number of amides is 1. The third-order valence-corrected chi connectivity index (χ3v) is 5.60. The molecule has 0 bridgehead atoms. The second-order valence-corrected chi connectivity index (χ2v) is 7.78. The van der Waals surface area contributed by atoms with E-state index >= 15 is 0 Å². The fraction of sp³-hybridized carbons (Fsp3) is 0.217. The summed E-state index contributed by atoms with van der Waals surface area (Å²) in [6.07, 6.45) is -2.53. The number of carbonyl (C=O) groups is 1. The van der Waals surface area contributed by atoms with E-state index in [1.165, 1.54) is 12.1 Å². The molecule has 2 aliphatic rings. The van der Waals surface area contributed by atoms with Crippen LogP contribution in [0.25, 0.3) is 11.3 Å². The third-order valence-electron chi connectivity index (χ3n) is 5.60. The van der Waals surface area contributed by atoms with E-state index in [-0.39, 0.29) is 24.6 Å². The summed E-state index contributed by atoms with van der Waals surface area (Å²) in [6, 6.07) is 14.7. The van der Waals surface area contributed by atoms with Crippen molar-refractivity contribution in [3.05, 3.63) is 65.7 Å². The summed E-state index contributed by atoms with van der Waals surface area (Å²) in [5.74, 6) is 0.0874. The first-order valence-corrected chi connectivity index (χ1v) is 9.75. The molecule has 5 rings (SSSR count). The molecule has 2 N–H and O–H groups in total. The number of halogens is 2. The van der Waals surface area contributed by atoms with Crippen LogP contribution < -0.4 is 14.8 Å². The first kappa shape index (κ1) is 19.3. The number of aromatic nitrogens is 1. The molecule has 2 aromatic carbocycles. The van der Waals surface area contributed by atoms with E-state index in [1.54, 1.807) is 30.3 Å². The number of phenols is 1. The Balaban J connectivity index is 0.00000245. The van der Waals surface area contributed by atoms with Gasteiger partial charge < -0.3 is 19.9 Å². The molecule has 1 saturated carbocycles. The summed E-state index contributed by atoms with van der Waals surface area (Å²) in [7, 11) is 0. The number of anilines is 1. The lowest BCUT2D eigenvalue weighted by Crippen LogP contribution is -2.28. The number of fused-ring (bicyclic) bond motifs is 1. The summed E-state index contributed by atoms with van der Waals surface area (Å²) >= 11 is 0. The molecule has 0 radical (unpaired) electrons. The molecule has 8 heteroatoms. The van der Waals surface area contributed by atoms with E-state index in [1.807, 2.05) is 19.1 Å². The number of rotatable bonds is 4. The molecule has 2 heterocycles. The maximum Gasteiger partial charge on any atom is 0.586 e. The number of nitrogens with one attached hydrogen (secondary N) is 1. The van der Waals surface area contributed by atoms with Crippen LogP contribution in [0, 0.1) is 6.92 Å².